The molecule has 0 saturated carbocycles. The van der Waals surface area contributed by atoms with Crippen molar-refractivity contribution in [3.05, 3.63) is 23.0 Å². The first kappa shape index (κ1) is 46.9. The number of ether oxygens (including phenoxy) is 6. The van der Waals surface area contributed by atoms with Crippen molar-refractivity contribution in [1.29, 1.82) is 0 Å². The molecule has 296 valence electrons. The van der Waals surface area contributed by atoms with Crippen molar-refractivity contribution in [2.75, 3.05) is 91.6 Å². The summed E-state index contributed by atoms with van der Waals surface area (Å²) in [6.45, 7) is 26.6. The van der Waals surface area contributed by atoms with Crippen LogP contribution >= 0.6 is 0 Å². The lowest BCUT2D eigenvalue weighted by molar-refractivity contribution is 0.0124. The van der Waals surface area contributed by atoms with E-state index in [1.807, 2.05) is 20.8 Å². The van der Waals surface area contributed by atoms with E-state index in [1.165, 1.54) is 0 Å². The lowest BCUT2D eigenvalue weighted by Crippen LogP contribution is -2.29. The van der Waals surface area contributed by atoms with E-state index >= 15 is 0 Å². The van der Waals surface area contributed by atoms with E-state index < -0.39 is 5.41 Å². The van der Waals surface area contributed by atoms with Gasteiger partial charge in [0.2, 0.25) is 0 Å². The maximum absolute atomic E-state index is 13.2. The van der Waals surface area contributed by atoms with Crippen LogP contribution in [-0.4, -0.2) is 103 Å². The van der Waals surface area contributed by atoms with Crippen LogP contribution in [-0.2, 0) is 33.8 Å². The van der Waals surface area contributed by atoms with Gasteiger partial charge in [-0.05, 0) is 61.8 Å². The van der Waals surface area contributed by atoms with E-state index in [2.05, 4.69) is 51.8 Å². The normalized spacial score (nSPS) is 12.4. The van der Waals surface area contributed by atoms with Crippen molar-refractivity contribution in [2.24, 2.45) is 10.8 Å². The highest BCUT2D eigenvalue weighted by molar-refractivity contribution is 6.02. The van der Waals surface area contributed by atoms with Gasteiger partial charge in [-0.25, -0.2) is 4.98 Å². The molecule has 1 amide bonds. The highest BCUT2D eigenvalue weighted by atomic mass is 16.5. The third kappa shape index (κ3) is 24.7. The minimum atomic E-state index is -0.456. The fourth-order valence-electron chi connectivity index (χ4n) is 5.07. The van der Waals surface area contributed by atoms with Crippen LogP contribution in [0, 0.1) is 10.8 Å². The Morgan fingerprint density at radius 3 is 1.45 bits per heavy atom. The largest absolute Gasteiger partial charge is 0.397 e. The topological polar surface area (TPSA) is 140 Å². The van der Waals surface area contributed by atoms with Gasteiger partial charge >= 0.3 is 0 Å². The van der Waals surface area contributed by atoms with Crippen LogP contribution in [0.3, 0.4) is 0 Å². The second-order valence-corrected chi connectivity index (χ2v) is 16.6. The third-order valence-corrected chi connectivity index (χ3v) is 7.89. The first-order valence-electron chi connectivity index (χ1n) is 19.1. The van der Waals surface area contributed by atoms with Gasteiger partial charge in [0.25, 0.3) is 5.91 Å². The van der Waals surface area contributed by atoms with E-state index in [0.29, 0.717) is 114 Å². The number of amides is 1. The number of nitrogen functional groups attached to an aromatic ring is 1. The van der Waals surface area contributed by atoms with Crippen LogP contribution in [0.1, 0.15) is 140 Å². The van der Waals surface area contributed by atoms with E-state index in [1.54, 1.807) is 6.07 Å². The Balaban J connectivity index is 2.28. The molecule has 0 spiro atoms. The molecule has 1 heterocycles. The summed E-state index contributed by atoms with van der Waals surface area (Å²) >= 11 is 0. The van der Waals surface area contributed by atoms with E-state index in [0.717, 1.165) is 45.3 Å². The number of carbonyl (C=O) groups excluding carboxylic acids is 2. The minimum Gasteiger partial charge on any atom is -0.397 e. The fourth-order valence-corrected chi connectivity index (χ4v) is 5.07. The number of Topliss-reactive ketones (excluding diaryl/α,β-unsaturated/α-hetero) is 1. The molecule has 0 aliphatic rings. The number of unbranched alkanes of at least 4 members (excludes halogenated alkanes) is 1. The van der Waals surface area contributed by atoms with Gasteiger partial charge in [0.1, 0.15) is 0 Å². The summed E-state index contributed by atoms with van der Waals surface area (Å²) in [4.78, 5) is 30.8. The van der Waals surface area contributed by atoms with Gasteiger partial charge in [-0.3, -0.25) is 9.59 Å². The maximum atomic E-state index is 13.2. The minimum absolute atomic E-state index is 0.0401. The summed E-state index contributed by atoms with van der Waals surface area (Å²) in [6.07, 6.45) is 6.81. The van der Waals surface area contributed by atoms with Crippen LogP contribution in [0.2, 0.25) is 0 Å². The number of nitrogens with two attached hydrogens (primary N) is 1. The Bertz CT molecular complexity index is 1090. The molecule has 0 aromatic carbocycles. The van der Waals surface area contributed by atoms with Gasteiger partial charge in [-0.15, -0.1) is 0 Å². The molecule has 0 radical (unpaired) electrons. The lowest BCUT2D eigenvalue weighted by Gasteiger charge is -2.23. The monoisotopic (exact) mass is 724 g/mol. The third-order valence-electron chi connectivity index (χ3n) is 7.89. The number of nitrogens with one attached hydrogen (secondary N) is 1. The van der Waals surface area contributed by atoms with Gasteiger partial charge in [0, 0.05) is 50.4 Å². The quantitative estimate of drug-likeness (QED) is 0.0645. The molecule has 0 saturated heterocycles. The average Bonchev–Trinajstić information content (AvgIpc) is 3.03. The van der Waals surface area contributed by atoms with Crippen LogP contribution in [0.15, 0.2) is 6.07 Å². The number of anilines is 1. The van der Waals surface area contributed by atoms with Gasteiger partial charge in [-0.1, -0.05) is 62.3 Å². The van der Waals surface area contributed by atoms with Gasteiger partial charge in [0.05, 0.1) is 64.2 Å². The Hall–Kier alpha value is -2.15. The maximum Gasteiger partial charge on any atom is 0.272 e. The molecule has 0 bridgehead atoms. The fraction of sp³-hybridized carbons (Fsp3) is 0.825. The lowest BCUT2D eigenvalue weighted by atomic mass is 9.85. The Morgan fingerprint density at radius 2 is 1.02 bits per heavy atom. The molecule has 11 heteroatoms. The molecule has 0 aliphatic carbocycles. The van der Waals surface area contributed by atoms with Crippen molar-refractivity contribution in [1.82, 2.24) is 10.3 Å². The highest BCUT2D eigenvalue weighted by Crippen LogP contribution is 2.28. The van der Waals surface area contributed by atoms with Gasteiger partial charge < -0.3 is 39.5 Å². The number of aromatic nitrogens is 1. The molecule has 1 rings (SSSR count). The molecular weight excluding hydrogens is 650 g/mol. The molecule has 0 atom stereocenters. The van der Waals surface area contributed by atoms with E-state index in [-0.39, 0.29) is 23.1 Å². The molecule has 1 aromatic heterocycles. The summed E-state index contributed by atoms with van der Waals surface area (Å²) in [5.74, 6) is -0.408. The summed E-state index contributed by atoms with van der Waals surface area (Å²) in [7, 11) is 0. The number of rotatable bonds is 29. The Labute approximate surface area is 309 Å². The zero-order chi connectivity index (χ0) is 38.2. The Kier molecular flexibility index (Phi) is 23.7. The van der Waals surface area contributed by atoms with Gasteiger partial charge in [0.15, 0.2) is 11.5 Å². The van der Waals surface area contributed by atoms with Crippen molar-refractivity contribution >= 4 is 17.4 Å². The number of pyridine rings is 1. The second kappa shape index (κ2) is 25.8. The summed E-state index contributed by atoms with van der Waals surface area (Å²) in [5, 5.41) is 2.87. The number of carbonyl (C=O) groups is 2. The van der Waals surface area contributed by atoms with Crippen LogP contribution in [0.4, 0.5) is 5.69 Å². The molecule has 0 aliphatic heterocycles. The van der Waals surface area contributed by atoms with Crippen molar-refractivity contribution < 1.29 is 38.0 Å². The second-order valence-electron chi connectivity index (χ2n) is 16.6. The highest BCUT2D eigenvalue weighted by Gasteiger charge is 2.27. The molecule has 1 aromatic rings. The molecule has 0 unspecified atom stereocenters. The summed E-state index contributed by atoms with van der Waals surface area (Å²) in [5.41, 5.74) is 7.84. The first-order valence-corrected chi connectivity index (χ1v) is 19.1. The number of nitrogens with zero attached hydrogens (tertiary/aromatic N) is 1. The zero-order valence-electron chi connectivity index (χ0n) is 33.7. The number of hydrogen-bond donors (Lipinski definition) is 2. The van der Waals surface area contributed by atoms with Crippen molar-refractivity contribution in [3.8, 4) is 0 Å². The number of ketones is 1. The molecule has 0 fully saturated rings. The van der Waals surface area contributed by atoms with Crippen molar-refractivity contribution in [3.63, 3.8) is 0 Å². The molecular formula is C40H73N3O8. The Morgan fingerprint density at radius 1 is 0.608 bits per heavy atom. The van der Waals surface area contributed by atoms with E-state index in [4.69, 9.17) is 34.2 Å². The standard InChI is InChI=1S/C40H73N3O8/c1-38(2,3)16-12-20-47-24-28-50-27-23-46-19-11-10-15-34(44)32-31-33(41)35(43-36(32)40(7,8)9)37(45)42-18-14-22-49-26-30-51-29-25-48-21-13-17-39(4,5)6/h31H,10-30,41H2,1-9H3,(H,42,45). The molecule has 51 heavy (non-hydrogen) atoms. The van der Waals surface area contributed by atoms with Crippen molar-refractivity contribution in [2.45, 2.75) is 119 Å². The summed E-state index contributed by atoms with van der Waals surface area (Å²) < 4.78 is 33.6. The van der Waals surface area contributed by atoms with Crippen LogP contribution < -0.4 is 11.1 Å². The smallest absolute Gasteiger partial charge is 0.272 e. The molecule has 11 nitrogen and oxygen atoms in total. The predicted molar refractivity (Wildman–Crippen MR) is 205 cm³/mol. The predicted octanol–water partition coefficient (Wildman–Crippen LogP) is 7.19. The van der Waals surface area contributed by atoms with E-state index in [9.17, 15) is 9.59 Å². The summed E-state index contributed by atoms with van der Waals surface area (Å²) in [6, 6.07) is 1.60. The first-order chi connectivity index (χ1) is 24.0. The SMILES string of the molecule is CC(C)(C)CCCOCCOCCOCCCCC(=O)c1cc(N)c(C(=O)NCCCOCCOCCOCCCC(C)(C)C)nc1C(C)(C)C. The van der Waals surface area contributed by atoms with Gasteiger partial charge in [-0.2, -0.15) is 0 Å². The zero-order valence-corrected chi connectivity index (χ0v) is 33.7. The van der Waals surface area contributed by atoms with Crippen LogP contribution in [0.5, 0.6) is 0 Å². The number of hydrogen-bond acceptors (Lipinski definition) is 10. The van der Waals surface area contributed by atoms with Crippen LogP contribution in [0.25, 0.3) is 0 Å². The average molecular weight is 724 g/mol. The molecule has 3 N–H and O–H groups in total.